The van der Waals surface area contributed by atoms with E-state index in [4.69, 9.17) is 10.6 Å². The average Bonchev–Trinajstić information content (AvgIpc) is 2.28. The Hall–Kier alpha value is -1.08. The van der Waals surface area contributed by atoms with Gasteiger partial charge in [-0.1, -0.05) is 25.1 Å². The highest BCUT2D eigenvalue weighted by Gasteiger charge is 2.08. The van der Waals surface area contributed by atoms with Crippen LogP contribution in [0.25, 0.3) is 0 Å². The second kappa shape index (κ2) is 7.29. The van der Waals surface area contributed by atoms with Crippen LogP contribution in [0.1, 0.15) is 33.6 Å². The molecule has 0 aliphatic carbocycles. The molecule has 17 heavy (non-hydrogen) atoms. The molecule has 0 amide bonds. The summed E-state index contributed by atoms with van der Waals surface area (Å²) in [5.74, 6) is 6.61. The summed E-state index contributed by atoms with van der Waals surface area (Å²) in [6, 6.07) is 0.307. The SMILES string of the molecule is CCCCSc1nc(NN)nc(OC(C)C)n1. The second-order valence-electron chi connectivity index (χ2n) is 3.74. The molecule has 7 heteroatoms. The predicted molar refractivity (Wildman–Crippen MR) is 69.0 cm³/mol. The molecule has 0 bridgehead atoms. The number of rotatable bonds is 7. The van der Waals surface area contributed by atoms with E-state index in [0.717, 1.165) is 18.6 Å². The van der Waals surface area contributed by atoms with Gasteiger partial charge < -0.3 is 4.74 Å². The highest BCUT2D eigenvalue weighted by atomic mass is 32.2. The number of nitrogens with one attached hydrogen (secondary N) is 1. The van der Waals surface area contributed by atoms with E-state index in [1.54, 1.807) is 11.8 Å². The minimum atomic E-state index is 0.0246. The van der Waals surface area contributed by atoms with Crippen molar-refractivity contribution < 1.29 is 4.74 Å². The van der Waals surface area contributed by atoms with Crippen molar-refractivity contribution in [1.82, 2.24) is 15.0 Å². The number of nitrogen functional groups attached to an aromatic ring is 1. The summed E-state index contributed by atoms with van der Waals surface area (Å²) in [4.78, 5) is 12.4. The van der Waals surface area contributed by atoms with Gasteiger partial charge in [-0.05, 0) is 20.3 Å². The fourth-order valence-corrected chi connectivity index (χ4v) is 1.95. The van der Waals surface area contributed by atoms with E-state index in [0.29, 0.717) is 17.1 Å². The Morgan fingerprint density at radius 1 is 1.35 bits per heavy atom. The summed E-state index contributed by atoms with van der Waals surface area (Å²) >= 11 is 1.58. The van der Waals surface area contributed by atoms with E-state index in [9.17, 15) is 0 Å². The van der Waals surface area contributed by atoms with Gasteiger partial charge in [-0.15, -0.1) is 0 Å². The third-order valence-electron chi connectivity index (χ3n) is 1.79. The molecule has 0 fully saturated rings. The molecule has 1 aromatic heterocycles. The van der Waals surface area contributed by atoms with Crippen LogP contribution in [0, 0.1) is 0 Å². The second-order valence-corrected chi connectivity index (χ2v) is 4.80. The van der Waals surface area contributed by atoms with Gasteiger partial charge in [0.2, 0.25) is 5.95 Å². The van der Waals surface area contributed by atoms with Crippen LogP contribution in [0.15, 0.2) is 5.16 Å². The molecule has 0 aromatic carbocycles. The van der Waals surface area contributed by atoms with Crippen LogP contribution in [0.3, 0.4) is 0 Å². The molecule has 0 radical (unpaired) electrons. The molecule has 1 aromatic rings. The average molecular weight is 257 g/mol. The fourth-order valence-electron chi connectivity index (χ4n) is 1.04. The van der Waals surface area contributed by atoms with E-state index in [1.807, 2.05) is 13.8 Å². The Labute approximate surface area is 106 Å². The van der Waals surface area contributed by atoms with Crippen LogP contribution in [0.5, 0.6) is 6.01 Å². The van der Waals surface area contributed by atoms with Crippen molar-refractivity contribution >= 4 is 17.7 Å². The van der Waals surface area contributed by atoms with Gasteiger partial charge in [0.1, 0.15) is 0 Å². The molecule has 6 nitrogen and oxygen atoms in total. The summed E-state index contributed by atoms with van der Waals surface area (Å²) in [6.45, 7) is 5.99. The van der Waals surface area contributed by atoms with Crippen molar-refractivity contribution in [3.05, 3.63) is 0 Å². The van der Waals surface area contributed by atoms with Gasteiger partial charge in [0.25, 0.3) is 0 Å². The topological polar surface area (TPSA) is 86.0 Å². The van der Waals surface area contributed by atoms with E-state index < -0.39 is 0 Å². The Kier molecular flexibility index (Phi) is 5.99. The molecule has 1 heterocycles. The fraction of sp³-hybridized carbons (Fsp3) is 0.700. The molecule has 3 N–H and O–H groups in total. The number of ether oxygens (including phenoxy) is 1. The maximum absolute atomic E-state index is 5.43. The zero-order chi connectivity index (χ0) is 12.7. The van der Waals surface area contributed by atoms with Crippen LogP contribution in [0.2, 0.25) is 0 Å². The van der Waals surface area contributed by atoms with Crippen molar-refractivity contribution in [1.29, 1.82) is 0 Å². The molecule has 0 atom stereocenters. The summed E-state index contributed by atoms with van der Waals surface area (Å²) in [6.07, 6.45) is 2.30. The van der Waals surface area contributed by atoms with Crippen LogP contribution in [0.4, 0.5) is 5.95 Å². The predicted octanol–water partition coefficient (Wildman–Crippen LogP) is 1.84. The van der Waals surface area contributed by atoms with Gasteiger partial charge in [-0.25, -0.2) is 5.84 Å². The lowest BCUT2D eigenvalue weighted by Crippen LogP contribution is -2.15. The van der Waals surface area contributed by atoms with E-state index in [2.05, 4.69) is 27.3 Å². The highest BCUT2D eigenvalue weighted by molar-refractivity contribution is 7.99. The first-order valence-electron chi connectivity index (χ1n) is 5.67. The van der Waals surface area contributed by atoms with Crippen LogP contribution < -0.4 is 16.0 Å². The number of thioether (sulfide) groups is 1. The van der Waals surface area contributed by atoms with Crippen LogP contribution in [-0.2, 0) is 0 Å². The minimum absolute atomic E-state index is 0.0246. The number of hydrogen-bond acceptors (Lipinski definition) is 7. The number of hydrazine groups is 1. The number of nitrogens with zero attached hydrogens (tertiary/aromatic N) is 3. The molecule has 0 aliphatic heterocycles. The van der Waals surface area contributed by atoms with Gasteiger partial charge in [0.05, 0.1) is 6.10 Å². The van der Waals surface area contributed by atoms with Crippen LogP contribution >= 0.6 is 11.8 Å². The monoisotopic (exact) mass is 257 g/mol. The van der Waals surface area contributed by atoms with Gasteiger partial charge >= 0.3 is 6.01 Å². The first kappa shape index (κ1) is 14.0. The van der Waals surface area contributed by atoms with Crippen LogP contribution in [-0.4, -0.2) is 26.8 Å². The minimum Gasteiger partial charge on any atom is -0.461 e. The largest absolute Gasteiger partial charge is 0.461 e. The molecular weight excluding hydrogens is 238 g/mol. The maximum Gasteiger partial charge on any atom is 0.322 e. The molecule has 0 spiro atoms. The summed E-state index contributed by atoms with van der Waals surface area (Å²) in [7, 11) is 0. The molecule has 96 valence electrons. The molecule has 0 unspecified atom stereocenters. The lowest BCUT2D eigenvalue weighted by molar-refractivity contribution is 0.219. The number of unbranched alkanes of at least 4 members (excludes halogenated alkanes) is 1. The van der Waals surface area contributed by atoms with Gasteiger partial charge in [0, 0.05) is 5.75 Å². The molecule has 1 rings (SSSR count). The van der Waals surface area contributed by atoms with Crippen molar-refractivity contribution in [3.63, 3.8) is 0 Å². The molecule has 0 saturated carbocycles. The van der Waals surface area contributed by atoms with E-state index in [-0.39, 0.29) is 6.10 Å². The number of aromatic nitrogens is 3. The molecule has 0 saturated heterocycles. The number of nitrogens with two attached hydrogens (primary N) is 1. The Bertz CT molecular complexity index is 347. The van der Waals surface area contributed by atoms with Gasteiger partial charge in [0.15, 0.2) is 5.16 Å². The normalized spacial score (nSPS) is 10.6. The maximum atomic E-state index is 5.43. The Morgan fingerprint density at radius 2 is 2.12 bits per heavy atom. The third-order valence-corrected chi connectivity index (χ3v) is 2.73. The quantitative estimate of drug-likeness (QED) is 0.333. The van der Waals surface area contributed by atoms with Crippen molar-refractivity contribution in [2.24, 2.45) is 5.84 Å². The Morgan fingerprint density at radius 3 is 2.71 bits per heavy atom. The lowest BCUT2D eigenvalue weighted by Gasteiger charge is -2.09. The Balaban J connectivity index is 2.74. The van der Waals surface area contributed by atoms with Gasteiger partial charge in [-0.3, -0.25) is 5.43 Å². The van der Waals surface area contributed by atoms with Crippen molar-refractivity contribution in [2.75, 3.05) is 11.2 Å². The van der Waals surface area contributed by atoms with Crippen molar-refractivity contribution in [3.8, 4) is 6.01 Å². The zero-order valence-corrected chi connectivity index (χ0v) is 11.3. The number of hydrogen-bond donors (Lipinski definition) is 2. The molecular formula is C10H19N5OS. The zero-order valence-electron chi connectivity index (χ0n) is 10.4. The van der Waals surface area contributed by atoms with E-state index in [1.165, 1.54) is 0 Å². The standard InChI is InChI=1S/C10H19N5OS/c1-4-5-6-17-10-13-8(15-11)12-9(14-10)16-7(2)3/h7H,4-6,11H2,1-3H3,(H,12,13,14,15). The summed E-state index contributed by atoms with van der Waals surface area (Å²) in [5, 5.41) is 0.636. The smallest absolute Gasteiger partial charge is 0.322 e. The van der Waals surface area contributed by atoms with Crippen molar-refractivity contribution in [2.45, 2.75) is 44.9 Å². The first-order chi connectivity index (χ1) is 8.15. The summed E-state index contributed by atoms with van der Waals surface area (Å²) in [5.41, 5.74) is 2.42. The highest BCUT2D eigenvalue weighted by Crippen LogP contribution is 2.18. The lowest BCUT2D eigenvalue weighted by atomic mass is 10.4. The summed E-state index contributed by atoms with van der Waals surface area (Å²) < 4.78 is 5.43. The third kappa shape index (κ3) is 5.18. The number of anilines is 1. The first-order valence-corrected chi connectivity index (χ1v) is 6.66. The van der Waals surface area contributed by atoms with E-state index >= 15 is 0 Å². The van der Waals surface area contributed by atoms with Gasteiger partial charge in [-0.2, -0.15) is 15.0 Å². The molecule has 0 aliphatic rings.